The van der Waals surface area contributed by atoms with Crippen LogP contribution in [0.3, 0.4) is 0 Å². The molecule has 34 heavy (non-hydrogen) atoms. The minimum atomic E-state index is -4.08. The fourth-order valence-electron chi connectivity index (χ4n) is 3.39. The third kappa shape index (κ3) is 5.27. The van der Waals surface area contributed by atoms with E-state index in [1.165, 1.54) is 18.5 Å². The first-order chi connectivity index (χ1) is 16.2. The second-order valence-corrected chi connectivity index (χ2v) is 11.1. The molecule has 174 valence electrons. The van der Waals surface area contributed by atoms with Crippen LogP contribution >= 0.6 is 45.8 Å². The molecule has 4 rings (SSSR count). The second kappa shape index (κ2) is 10.0. The lowest BCUT2D eigenvalue weighted by atomic mass is 10.1. The zero-order valence-corrected chi connectivity index (χ0v) is 22.1. The quantitative estimate of drug-likeness (QED) is 0.262. The summed E-state index contributed by atoms with van der Waals surface area (Å²) in [4.78, 5) is 21.4. The molecule has 1 aromatic heterocycles. The van der Waals surface area contributed by atoms with Crippen molar-refractivity contribution >= 4 is 78.4 Å². The highest BCUT2D eigenvalue weighted by Gasteiger charge is 2.23. The highest BCUT2D eigenvalue weighted by Crippen LogP contribution is 2.28. The first-order valence-corrected chi connectivity index (χ1v) is 13.3. The van der Waals surface area contributed by atoms with Gasteiger partial charge < -0.3 is 5.32 Å². The Morgan fingerprint density at radius 2 is 1.79 bits per heavy atom. The van der Waals surface area contributed by atoms with Gasteiger partial charge >= 0.3 is 0 Å². The monoisotopic (exact) mass is 626 g/mol. The van der Waals surface area contributed by atoms with Gasteiger partial charge in [-0.1, -0.05) is 35.3 Å². The van der Waals surface area contributed by atoms with Crippen LogP contribution in [0, 0.1) is 3.57 Å². The van der Waals surface area contributed by atoms with Crippen LogP contribution in [0.15, 0.2) is 71.9 Å². The molecule has 0 saturated heterocycles. The van der Waals surface area contributed by atoms with Crippen molar-refractivity contribution < 1.29 is 13.2 Å². The van der Waals surface area contributed by atoms with Gasteiger partial charge in [0.25, 0.3) is 15.9 Å². The molecular formula is C23H17Cl2IN4O3S. The molecule has 4 aromatic rings. The first-order valence-electron chi connectivity index (χ1n) is 9.93. The van der Waals surface area contributed by atoms with Crippen LogP contribution in [0.2, 0.25) is 10.0 Å². The van der Waals surface area contributed by atoms with Gasteiger partial charge in [-0.25, -0.2) is 8.42 Å². The van der Waals surface area contributed by atoms with Crippen molar-refractivity contribution in [2.24, 2.45) is 0 Å². The molecule has 0 bridgehead atoms. The predicted molar refractivity (Wildman–Crippen MR) is 142 cm³/mol. The molecule has 0 aliphatic rings. The van der Waals surface area contributed by atoms with Crippen molar-refractivity contribution in [1.29, 1.82) is 0 Å². The van der Waals surface area contributed by atoms with Crippen LogP contribution in [0.25, 0.3) is 11.0 Å². The fraction of sp³-hybridized carbons (Fsp3) is 0.0870. The molecule has 1 heterocycles. The summed E-state index contributed by atoms with van der Waals surface area (Å²) in [6, 6.07) is 14.1. The van der Waals surface area contributed by atoms with Crippen LogP contribution in [-0.4, -0.2) is 24.3 Å². The standard InChI is InChI=1S/C23H17Cl2IN4O3S/c1-13(16-7-5-14(24)11-18(16)25)29-23(31)17-8-6-15(26)12-20(17)30-34(32,33)21-4-2-3-19-22(21)28-10-9-27-19/h2-13,30H,1H3,(H,29,31)/t13-/m0/s1. The van der Waals surface area contributed by atoms with E-state index in [9.17, 15) is 13.2 Å². The number of hydrogen-bond acceptors (Lipinski definition) is 5. The molecule has 2 N–H and O–H groups in total. The topological polar surface area (TPSA) is 101 Å². The van der Waals surface area contributed by atoms with Crippen molar-refractivity contribution in [3.8, 4) is 0 Å². The number of nitrogens with zero attached hydrogens (tertiary/aromatic N) is 2. The van der Waals surface area contributed by atoms with Crippen molar-refractivity contribution in [2.75, 3.05) is 4.72 Å². The van der Waals surface area contributed by atoms with E-state index in [-0.39, 0.29) is 21.7 Å². The number of sulfonamides is 1. The summed E-state index contributed by atoms with van der Waals surface area (Å²) >= 11 is 14.3. The van der Waals surface area contributed by atoms with Crippen molar-refractivity contribution in [2.45, 2.75) is 17.9 Å². The van der Waals surface area contributed by atoms with Crippen LogP contribution in [0.4, 0.5) is 5.69 Å². The minimum absolute atomic E-state index is 0.0374. The number of amides is 1. The molecule has 0 spiro atoms. The maximum Gasteiger partial charge on any atom is 0.264 e. The van der Waals surface area contributed by atoms with E-state index < -0.39 is 22.0 Å². The number of nitrogens with one attached hydrogen (secondary N) is 2. The van der Waals surface area contributed by atoms with Gasteiger partial charge in [-0.05, 0) is 77.5 Å². The predicted octanol–water partition coefficient (Wildman–Crippen LogP) is 5.83. The van der Waals surface area contributed by atoms with Crippen LogP contribution < -0.4 is 10.0 Å². The molecule has 11 heteroatoms. The molecule has 0 radical (unpaired) electrons. The Labute approximate surface area is 220 Å². The zero-order chi connectivity index (χ0) is 24.5. The Kier molecular flexibility index (Phi) is 7.27. The number of hydrogen-bond donors (Lipinski definition) is 2. The summed E-state index contributed by atoms with van der Waals surface area (Å²) in [7, 11) is -4.08. The number of fused-ring (bicyclic) bond motifs is 1. The first kappa shape index (κ1) is 24.6. The highest BCUT2D eigenvalue weighted by atomic mass is 127. The van der Waals surface area contributed by atoms with Crippen molar-refractivity contribution in [1.82, 2.24) is 15.3 Å². The molecule has 7 nitrogen and oxygen atoms in total. The van der Waals surface area contributed by atoms with E-state index in [1.54, 1.807) is 55.5 Å². The molecule has 1 atom stereocenters. The lowest BCUT2D eigenvalue weighted by molar-refractivity contribution is 0.0941. The number of aromatic nitrogens is 2. The number of rotatable bonds is 6. The normalized spacial score (nSPS) is 12.4. The smallest absolute Gasteiger partial charge is 0.264 e. The van der Waals surface area contributed by atoms with Gasteiger partial charge in [-0.3, -0.25) is 19.5 Å². The largest absolute Gasteiger partial charge is 0.345 e. The van der Waals surface area contributed by atoms with Gasteiger partial charge in [0.2, 0.25) is 0 Å². The maximum absolute atomic E-state index is 13.3. The fourth-order valence-corrected chi connectivity index (χ4v) is 5.69. The number of carbonyl (C=O) groups is 1. The molecule has 1 amide bonds. The summed E-state index contributed by atoms with van der Waals surface area (Å²) in [5, 5.41) is 3.77. The number of para-hydroxylation sites is 1. The summed E-state index contributed by atoms with van der Waals surface area (Å²) in [5.41, 5.74) is 1.66. The molecule has 0 fully saturated rings. The Balaban J connectivity index is 1.66. The second-order valence-electron chi connectivity index (χ2n) is 7.34. The van der Waals surface area contributed by atoms with E-state index in [4.69, 9.17) is 23.2 Å². The van der Waals surface area contributed by atoms with E-state index in [0.717, 1.165) is 3.57 Å². The van der Waals surface area contributed by atoms with Gasteiger partial charge in [0.15, 0.2) is 0 Å². The number of anilines is 1. The molecule has 0 aliphatic carbocycles. The van der Waals surface area contributed by atoms with Crippen LogP contribution in [0.1, 0.15) is 28.9 Å². The van der Waals surface area contributed by atoms with E-state index in [1.807, 2.05) is 22.6 Å². The van der Waals surface area contributed by atoms with E-state index in [2.05, 4.69) is 20.0 Å². The molecule has 3 aromatic carbocycles. The van der Waals surface area contributed by atoms with Crippen molar-refractivity contribution in [3.63, 3.8) is 0 Å². The lowest BCUT2D eigenvalue weighted by Crippen LogP contribution is -2.28. The zero-order valence-electron chi connectivity index (χ0n) is 17.6. The molecular weight excluding hydrogens is 610 g/mol. The third-order valence-corrected chi connectivity index (χ3v) is 7.63. The summed E-state index contributed by atoms with van der Waals surface area (Å²) in [6.45, 7) is 1.78. The number of benzene rings is 3. The van der Waals surface area contributed by atoms with E-state index in [0.29, 0.717) is 21.1 Å². The van der Waals surface area contributed by atoms with E-state index >= 15 is 0 Å². The van der Waals surface area contributed by atoms with Gasteiger partial charge in [0.05, 0.1) is 22.8 Å². The molecule has 0 saturated carbocycles. The Hall–Kier alpha value is -2.47. The maximum atomic E-state index is 13.3. The number of carbonyl (C=O) groups excluding carboxylic acids is 1. The number of halogens is 3. The summed E-state index contributed by atoms with van der Waals surface area (Å²) < 4.78 is 29.9. The molecule has 0 unspecified atom stereocenters. The van der Waals surface area contributed by atoms with Gasteiger partial charge in [-0.15, -0.1) is 0 Å². The van der Waals surface area contributed by atoms with Crippen LogP contribution in [-0.2, 0) is 10.0 Å². The third-order valence-electron chi connectivity index (χ3n) is 5.00. The average Bonchev–Trinajstić information content (AvgIpc) is 2.78. The summed E-state index contributed by atoms with van der Waals surface area (Å²) in [5.74, 6) is -0.467. The van der Waals surface area contributed by atoms with Gasteiger partial charge in [-0.2, -0.15) is 0 Å². The minimum Gasteiger partial charge on any atom is -0.345 e. The van der Waals surface area contributed by atoms with Gasteiger partial charge in [0.1, 0.15) is 10.4 Å². The van der Waals surface area contributed by atoms with Crippen LogP contribution in [0.5, 0.6) is 0 Å². The Bertz CT molecular complexity index is 1510. The average molecular weight is 627 g/mol. The SMILES string of the molecule is C[C@H](NC(=O)c1ccc(I)cc1NS(=O)(=O)c1cccc2nccnc12)c1ccc(Cl)cc1Cl. The molecule has 0 aliphatic heterocycles. The summed E-state index contributed by atoms with van der Waals surface area (Å²) in [6.07, 6.45) is 2.91. The highest BCUT2D eigenvalue weighted by molar-refractivity contribution is 14.1. The Morgan fingerprint density at radius 3 is 2.56 bits per heavy atom. The van der Waals surface area contributed by atoms with Gasteiger partial charge in [0, 0.05) is 26.0 Å². The van der Waals surface area contributed by atoms with Crippen molar-refractivity contribution in [3.05, 3.63) is 91.7 Å². The Morgan fingerprint density at radius 1 is 1.03 bits per heavy atom. The lowest BCUT2D eigenvalue weighted by Gasteiger charge is -2.18.